The van der Waals surface area contributed by atoms with Crippen molar-refractivity contribution in [2.75, 3.05) is 7.11 Å². The van der Waals surface area contributed by atoms with Crippen molar-refractivity contribution in [3.05, 3.63) is 0 Å². The summed E-state index contributed by atoms with van der Waals surface area (Å²) in [7, 11) is 1.22. The van der Waals surface area contributed by atoms with E-state index in [0.29, 0.717) is 0 Å². The van der Waals surface area contributed by atoms with Crippen LogP contribution in [-0.2, 0) is 9.53 Å². The fraction of sp³-hybridized carbons (Fsp3) is 0.625. The Labute approximate surface area is 77.0 Å². The highest BCUT2D eigenvalue weighted by Crippen LogP contribution is 2.07. The summed E-state index contributed by atoms with van der Waals surface area (Å²) in [6, 6.07) is 0. The van der Waals surface area contributed by atoms with Crippen molar-refractivity contribution in [2.45, 2.75) is 13.8 Å². The predicted molar refractivity (Wildman–Crippen MR) is 48.4 cm³/mol. The lowest BCUT2D eigenvalue weighted by molar-refractivity contribution is -0.120. The summed E-state index contributed by atoms with van der Waals surface area (Å²) in [5, 5.41) is 0. The van der Waals surface area contributed by atoms with E-state index in [1.807, 2.05) is 13.8 Å². The highest BCUT2D eigenvalue weighted by atomic mass is 16.5. The van der Waals surface area contributed by atoms with Gasteiger partial charge in [-0.05, 0) is 5.92 Å². The third-order valence-corrected chi connectivity index (χ3v) is 1.56. The molecule has 13 heavy (non-hydrogen) atoms. The van der Waals surface area contributed by atoms with E-state index in [1.54, 1.807) is 0 Å². The van der Waals surface area contributed by atoms with Gasteiger partial charge in [0.1, 0.15) is 0 Å². The smallest absolute Gasteiger partial charge is 0.432 e. The first-order valence-electron chi connectivity index (χ1n) is 3.90. The van der Waals surface area contributed by atoms with Gasteiger partial charge in [0.2, 0.25) is 5.91 Å². The maximum absolute atomic E-state index is 10.8. The minimum atomic E-state index is -0.730. The van der Waals surface area contributed by atoms with Crippen molar-refractivity contribution in [2.24, 2.45) is 22.6 Å². The number of methoxy groups -OCH3 is 1. The van der Waals surface area contributed by atoms with E-state index in [0.717, 1.165) is 0 Å². The SMILES string of the molecule is COC(=O)N=CC(C(N)=O)C(C)C. The number of amides is 2. The van der Waals surface area contributed by atoms with Gasteiger partial charge in [-0.3, -0.25) is 4.79 Å². The highest BCUT2D eigenvalue weighted by molar-refractivity contribution is 5.95. The Balaban J connectivity index is 4.34. The van der Waals surface area contributed by atoms with Gasteiger partial charge < -0.3 is 10.5 Å². The molecule has 0 bridgehead atoms. The van der Waals surface area contributed by atoms with Crippen LogP contribution in [0.3, 0.4) is 0 Å². The Morgan fingerprint density at radius 3 is 2.31 bits per heavy atom. The molecule has 0 rings (SSSR count). The number of hydrogen-bond donors (Lipinski definition) is 1. The molecule has 0 aromatic heterocycles. The van der Waals surface area contributed by atoms with Crippen LogP contribution >= 0.6 is 0 Å². The predicted octanol–water partition coefficient (Wildman–Crippen LogP) is 0.581. The van der Waals surface area contributed by atoms with Crippen LogP contribution in [0.2, 0.25) is 0 Å². The average Bonchev–Trinajstić information content (AvgIpc) is 2.03. The van der Waals surface area contributed by atoms with Crippen LogP contribution in [0, 0.1) is 11.8 Å². The first-order chi connectivity index (χ1) is 5.99. The van der Waals surface area contributed by atoms with Crippen LogP contribution in [0.5, 0.6) is 0 Å². The van der Waals surface area contributed by atoms with Gasteiger partial charge in [-0.1, -0.05) is 13.8 Å². The summed E-state index contributed by atoms with van der Waals surface area (Å²) >= 11 is 0. The van der Waals surface area contributed by atoms with Crippen molar-refractivity contribution in [3.8, 4) is 0 Å². The molecule has 0 aromatic carbocycles. The molecule has 0 heterocycles. The Kier molecular flexibility index (Phi) is 4.72. The van der Waals surface area contributed by atoms with Crippen LogP contribution in [0.4, 0.5) is 4.79 Å². The molecular weight excluding hydrogens is 172 g/mol. The molecule has 0 aliphatic heterocycles. The van der Waals surface area contributed by atoms with Gasteiger partial charge in [-0.15, -0.1) is 0 Å². The second-order valence-electron chi connectivity index (χ2n) is 2.92. The number of rotatable bonds is 3. The van der Waals surface area contributed by atoms with Gasteiger partial charge in [-0.2, -0.15) is 4.99 Å². The van der Waals surface area contributed by atoms with E-state index >= 15 is 0 Å². The van der Waals surface area contributed by atoms with Gasteiger partial charge >= 0.3 is 6.09 Å². The summed E-state index contributed by atoms with van der Waals surface area (Å²) in [6.07, 6.45) is 0.491. The molecule has 0 saturated heterocycles. The minimum Gasteiger partial charge on any atom is -0.451 e. The molecule has 0 spiro atoms. The van der Waals surface area contributed by atoms with Crippen LogP contribution in [0.15, 0.2) is 4.99 Å². The van der Waals surface area contributed by atoms with Crippen LogP contribution < -0.4 is 5.73 Å². The second kappa shape index (κ2) is 5.29. The summed E-state index contributed by atoms with van der Waals surface area (Å²) in [5.74, 6) is -1.01. The van der Waals surface area contributed by atoms with Crippen molar-refractivity contribution in [3.63, 3.8) is 0 Å². The van der Waals surface area contributed by atoms with E-state index in [9.17, 15) is 9.59 Å². The number of hydrogen-bond acceptors (Lipinski definition) is 3. The number of carbonyl (C=O) groups is 2. The average molecular weight is 186 g/mol. The second-order valence-corrected chi connectivity index (χ2v) is 2.92. The van der Waals surface area contributed by atoms with Crippen molar-refractivity contribution < 1.29 is 14.3 Å². The monoisotopic (exact) mass is 186 g/mol. The maximum atomic E-state index is 10.8. The number of ether oxygens (including phenoxy) is 1. The zero-order valence-corrected chi connectivity index (χ0v) is 7.98. The molecule has 1 atom stereocenters. The van der Waals surface area contributed by atoms with Gasteiger partial charge in [0.05, 0.1) is 13.0 Å². The topological polar surface area (TPSA) is 81.8 Å². The van der Waals surface area contributed by atoms with Gasteiger partial charge in [0.25, 0.3) is 0 Å². The van der Waals surface area contributed by atoms with E-state index in [2.05, 4.69) is 9.73 Å². The Bertz CT molecular complexity index is 223. The summed E-state index contributed by atoms with van der Waals surface area (Å²) in [4.78, 5) is 24.8. The number of aliphatic imine (C=N–C) groups is 1. The molecule has 74 valence electrons. The van der Waals surface area contributed by atoms with Gasteiger partial charge in [-0.25, -0.2) is 4.79 Å². The van der Waals surface area contributed by atoms with Gasteiger partial charge in [0, 0.05) is 6.21 Å². The third kappa shape index (κ3) is 4.25. The Hall–Kier alpha value is -1.39. The molecule has 2 amide bonds. The minimum absolute atomic E-state index is 0.0194. The lowest BCUT2D eigenvalue weighted by Crippen LogP contribution is -2.28. The highest BCUT2D eigenvalue weighted by Gasteiger charge is 2.17. The van der Waals surface area contributed by atoms with E-state index < -0.39 is 17.9 Å². The maximum Gasteiger partial charge on any atom is 0.432 e. The molecule has 2 N–H and O–H groups in total. The summed E-state index contributed by atoms with van der Waals surface area (Å²) in [5.41, 5.74) is 5.08. The fourth-order valence-corrected chi connectivity index (χ4v) is 0.768. The quantitative estimate of drug-likeness (QED) is 0.654. The van der Waals surface area contributed by atoms with Crippen LogP contribution in [0.25, 0.3) is 0 Å². The fourth-order valence-electron chi connectivity index (χ4n) is 0.768. The van der Waals surface area contributed by atoms with Crippen molar-refractivity contribution in [1.82, 2.24) is 0 Å². The van der Waals surface area contributed by atoms with Crippen molar-refractivity contribution >= 4 is 18.2 Å². The normalized spacial score (nSPS) is 13.2. The van der Waals surface area contributed by atoms with E-state index in [1.165, 1.54) is 13.3 Å². The first kappa shape index (κ1) is 11.6. The van der Waals surface area contributed by atoms with E-state index in [4.69, 9.17) is 5.73 Å². The molecule has 0 aromatic rings. The number of primary amides is 1. The molecule has 0 aliphatic carbocycles. The molecule has 0 fully saturated rings. The lowest BCUT2D eigenvalue weighted by atomic mass is 9.97. The molecule has 0 radical (unpaired) electrons. The van der Waals surface area contributed by atoms with Crippen LogP contribution in [0.1, 0.15) is 13.8 Å². The molecule has 0 aliphatic rings. The van der Waals surface area contributed by atoms with Crippen LogP contribution in [-0.4, -0.2) is 25.3 Å². The zero-order chi connectivity index (χ0) is 10.4. The number of nitrogens with zero attached hydrogens (tertiary/aromatic N) is 1. The molecule has 5 nitrogen and oxygen atoms in total. The van der Waals surface area contributed by atoms with E-state index in [-0.39, 0.29) is 5.92 Å². The molecule has 5 heteroatoms. The Morgan fingerprint density at radius 1 is 1.46 bits per heavy atom. The Morgan fingerprint density at radius 2 is 2.00 bits per heavy atom. The number of carbonyl (C=O) groups excluding carboxylic acids is 2. The molecular formula is C8H14N2O3. The third-order valence-electron chi connectivity index (χ3n) is 1.56. The largest absolute Gasteiger partial charge is 0.451 e. The summed E-state index contributed by atoms with van der Waals surface area (Å²) in [6.45, 7) is 3.64. The van der Waals surface area contributed by atoms with Gasteiger partial charge in [0.15, 0.2) is 0 Å². The summed E-state index contributed by atoms with van der Waals surface area (Å²) < 4.78 is 4.27. The van der Waals surface area contributed by atoms with Crippen molar-refractivity contribution in [1.29, 1.82) is 0 Å². The standard InChI is InChI=1S/C8H14N2O3/c1-5(2)6(7(9)11)4-10-8(12)13-3/h4-6H,1-3H3,(H2,9,11). The molecule has 1 unspecified atom stereocenters. The zero-order valence-electron chi connectivity index (χ0n) is 7.98. The lowest BCUT2D eigenvalue weighted by Gasteiger charge is -2.10. The first-order valence-corrected chi connectivity index (χ1v) is 3.90. The molecule has 0 saturated carbocycles. The number of nitrogens with two attached hydrogens (primary N) is 1.